The van der Waals surface area contributed by atoms with Crippen LogP contribution in [0.25, 0.3) is 10.9 Å². The number of thioether (sulfide) groups is 1. The van der Waals surface area contributed by atoms with Crippen molar-refractivity contribution in [3.05, 3.63) is 69.0 Å². The molecule has 2 heterocycles. The Morgan fingerprint density at radius 2 is 2.06 bits per heavy atom. The van der Waals surface area contributed by atoms with E-state index < -0.39 is 0 Å². The van der Waals surface area contributed by atoms with Crippen molar-refractivity contribution in [2.45, 2.75) is 50.5 Å². The van der Waals surface area contributed by atoms with Crippen molar-refractivity contribution < 1.29 is 14.3 Å². The molecule has 178 valence electrons. The first-order valence-electron chi connectivity index (χ1n) is 11.2. The Morgan fingerprint density at radius 3 is 2.76 bits per heavy atom. The highest BCUT2D eigenvalue weighted by molar-refractivity contribution is 7.99. The third-order valence-corrected chi connectivity index (χ3v) is 6.70. The molecule has 0 unspecified atom stereocenters. The van der Waals surface area contributed by atoms with Gasteiger partial charge in [0.25, 0.3) is 11.5 Å². The molecule has 1 aliphatic rings. The van der Waals surface area contributed by atoms with Gasteiger partial charge in [-0.3, -0.25) is 19.0 Å². The van der Waals surface area contributed by atoms with Crippen LogP contribution in [0.5, 0.6) is 0 Å². The van der Waals surface area contributed by atoms with E-state index in [-0.39, 0.29) is 35.1 Å². The molecule has 9 heteroatoms. The molecule has 2 aromatic carbocycles. The Bertz CT molecular complexity index is 1280. The molecule has 1 fully saturated rings. The molecule has 1 N–H and O–H groups in total. The van der Waals surface area contributed by atoms with Crippen LogP contribution in [0.3, 0.4) is 0 Å². The maximum Gasteiger partial charge on any atom is 0.262 e. The number of halogens is 1. The Labute approximate surface area is 206 Å². The van der Waals surface area contributed by atoms with E-state index >= 15 is 0 Å². The molecule has 1 aromatic heterocycles. The SMILES string of the molecule is CC(C)NC(=O)c1ccc2c(=O)n(C[C@@H]3CCCO3)c(SCC(=O)c3cccc(Cl)c3)nc2c1. The lowest BCUT2D eigenvalue weighted by Gasteiger charge is -2.17. The second-order valence-corrected chi connectivity index (χ2v) is 9.91. The average Bonchev–Trinajstić information content (AvgIpc) is 3.32. The lowest BCUT2D eigenvalue weighted by molar-refractivity contribution is 0.0936. The van der Waals surface area contributed by atoms with Gasteiger partial charge in [0.05, 0.1) is 29.3 Å². The Morgan fingerprint density at radius 1 is 1.24 bits per heavy atom. The van der Waals surface area contributed by atoms with Gasteiger partial charge >= 0.3 is 0 Å². The number of rotatable bonds is 8. The summed E-state index contributed by atoms with van der Waals surface area (Å²) in [5.41, 5.74) is 1.13. The fourth-order valence-corrected chi connectivity index (χ4v) is 4.92. The van der Waals surface area contributed by atoms with E-state index in [1.807, 2.05) is 13.8 Å². The largest absolute Gasteiger partial charge is 0.376 e. The minimum Gasteiger partial charge on any atom is -0.376 e. The van der Waals surface area contributed by atoms with Gasteiger partial charge in [0.1, 0.15) is 0 Å². The summed E-state index contributed by atoms with van der Waals surface area (Å²) in [5.74, 6) is -0.250. The van der Waals surface area contributed by atoms with Crippen LogP contribution < -0.4 is 10.9 Å². The molecule has 7 nitrogen and oxygen atoms in total. The van der Waals surface area contributed by atoms with Gasteiger partial charge in [-0.05, 0) is 57.0 Å². The third-order valence-electron chi connectivity index (χ3n) is 5.49. The number of nitrogens with one attached hydrogen (secondary N) is 1. The molecule has 4 rings (SSSR count). The number of ketones is 1. The molecule has 3 aromatic rings. The molecule has 0 saturated carbocycles. The summed E-state index contributed by atoms with van der Waals surface area (Å²) in [6.07, 6.45) is 1.74. The van der Waals surface area contributed by atoms with E-state index in [9.17, 15) is 14.4 Å². The van der Waals surface area contributed by atoms with Crippen molar-refractivity contribution in [1.82, 2.24) is 14.9 Å². The summed E-state index contributed by atoms with van der Waals surface area (Å²) >= 11 is 7.22. The van der Waals surface area contributed by atoms with Gasteiger partial charge in [0.15, 0.2) is 10.9 Å². The first kappa shape index (κ1) is 24.4. The van der Waals surface area contributed by atoms with Crippen LogP contribution >= 0.6 is 23.4 Å². The predicted octanol–water partition coefficient (Wildman–Crippen LogP) is 4.34. The Balaban J connectivity index is 1.69. The van der Waals surface area contributed by atoms with E-state index in [2.05, 4.69) is 5.32 Å². The monoisotopic (exact) mass is 499 g/mol. The smallest absolute Gasteiger partial charge is 0.262 e. The molecule has 0 radical (unpaired) electrons. The summed E-state index contributed by atoms with van der Waals surface area (Å²) in [5, 5.41) is 4.18. The van der Waals surface area contributed by atoms with Crippen LogP contribution in [0.1, 0.15) is 47.4 Å². The van der Waals surface area contributed by atoms with Gasteiger partial charge in [-0.2, -0.15) is 0 Å². The average molecular weight is 500 g/mol. The van der Waals surface area contributed by atoms with Gasteiger partial charge in [0, 0.05) is 28.8 Å². The minimum atomic E-state index is -0.229. The summed E-state index contributed by atoms with van der Waals surface area (Å²) in [6, 6.07) is 11.6. The van der Waals surface area contributed by atoms with Gasteiger partial charge in [-0.15, -0.1) is 0 Å². The second kappa shape index (κ2) is 10.7. The summed E-state index contributed by atoms with van der Waals surface area (Å²) in [6.45, 7) is 4.80. The topological polar surface area (TPSA) is 90.3 Å². The fraction of sp³-hybridized carbons (Fsp3) is 0.360. The Kier molecular flexibility index (Phi) is 7.70. The molecule has 34 heavy (non-hydrogen) atoms. The predicted molar refractivity (Wildman–Crippen MR) is 134 cm³/mol. The van der Waals surface area contributed by atoms with Crippen LogP contribution in [0.15, 0.2) is 52.4 Å². The zero-order valence-electron chi connectivity index (χ0n) is 19.0. The lowest BCUT2D eigenvalue weighted by atomic mass is 10.1. The van der Waals surface area contributed by atoms with Crippen molar-refractivity contribution in [3.8, 4) is 0 Å². The number of hydrogen-bond donors (Lipinski definition) is 1. The molecule has 1 atom stereocenters. The summed E-state index contributed by atoms with van der Waals surface area (Å²) < 4.78 is 7.33. The molecule has 0 bridgehead atoms. The number of nitrogens with zero attached hydrogens (tertiary/aromatic N) is 2. The van der Waals surface area contributed by atoms with E-state index in [0.29, 0.717) is 45.4 Å². The second-order valence-electron chi connectivity index (χ2n) is 8.53. The number of Topliss-reactive ketones (excluding diaryl/α,β-unsaturated/α-hetero) is 1. The number of aromatic nitrogens is 2. The van der Waals surface area contributed by atoms with Crippen LogP contribution in [0.2, 0.25) is 5.02 Å². The number of carbonyl (C=O) groups is 2. The molecule has 0 spiro atoms. The van der Waals surface area contributed by atoms with Gasteiger partial charge in [-0.25, -0.2) is 4.98 Å². The lowest BCUT2D eigenvalue weighted by Crippen LogP contribution is -2.31. The maximum atomic E-state index is 13.4. The van der Waals surface area contributed by atoms with Gasteiger partial charge in [-0.1, -0.05) is 35.5 Å². The standard InChI is InChI=1S/C25H26ClN3O4S/c1-15(2)27-23(31)17-8-9-20-21(12-17)28-25(29(24(20)32)13-19-7-4-10-33-19)34-14-22(30)16-5-3-6-18(26)11-16/h3,5-6,8-9,11-12,15,19H,4,7,10,13-14H2,1-2H3,(H,27,31)/t19-/m0/s1. The number of hydrogen-bond acceptors (Lipinski definition) is 6. The molecule has 1 amide bonds. The molecule has 1 aliphatic heterocycles. The summed E-state index contributed by atoms with van der Waals surface area (Å²) in [4.78, 5) is 43.3. The highest BCUT2D eigenvalue weighted by Gasteiger charge is 2.21. The van der Waals surface area contributed by atoms with E-state index in [1.165, 1.54) is 11.8 Å². The van der Waals surface area contributed by atoms with E-state index in [1.54, 1.807) is 47.0 Å². The van der Waals surface area contributed by atoms with Crippen molar-refractivity contribution in [3.63, 3.8) is 0 Å². The number of ether oxygens (including phenoxy) is 1. The quantitative estimate of drug-likeness (QED) is 0.281. The van der Waals surface area contributed by atoms with Crippen molar-refractivity contribution in [1.29, 1.82) is 0 Å². The molecule has 0 aliphatic carbocycles. The van der Waals surface area contributed by atoms with Crippen molar-refractivity contribution in [2.24, 2.45) is 0 Å². The maximum absolute atomic E-state index is 13.4. The summed E-state index contributed by atoms with van der Waals surface area (Å²) in [7, 11) is 0. The van der Waals surface area contributed by atoms with Crippen LogP contribution in [0.4, 0.5) is 0 Å². The van der Waals surface area contributed by atoms with E-state index in [0.717, 1.165) is 12.8 Å². The van der Waals surface area contributed by atoms with Crippen molar-refractivity contribution in [2.75, 3.05) is 12.4 Å². The number of amides is 1. The Hall–Kier alpha value is -2.68. The number of carbonyl (C=O) groups excluding carboxylic acids is 2. The first-order chi connectivity index (χ1) is 16.3. The molecular weight excluding hydrogens is 474 g/mol. The first-order valence-corrected chi connectivity index (χ1v) is 12.6. The van der Waals surface area contributed by atoms with Crippen LogP contribution in [-0.4, -0.2) is 45.7 Å². The normalized spacial score (nSPS) is 15.7. The fourth-order valence-electron chi connectivity index (χ4n) is 3.83. The number of fused-ring (bicyclic) bond motifs is 1. The van der Waals surface area contributed by atoms with Gasteiger partial charge < -0.3 is 10.1 Å². The third kappa shape index (κ3) is 5.68. The zero-order chi connectivity index (χ0) is 24.2. The van der Waals surface area contributed by atoms with Gasteiger partial charge in [0.2, 0.25) is 0 Å². The van der Waals surface area contributed by atoms with Crippen molar-refractivity contribution >= 4 is 46.0 Å². The zero-order valence-corrected chi connectivity index (χ0v) is 20.6. The van der Waals surface area contributed by atoms with E-state index in [4.69, 9.17) is 21.3 Å². The highest BCUT2D eigenvalue weighted by Crippen LogP contribution is 2.23. The van der Waals surface area contributed by atoms with Crippen LogP contribution in [0, 0.1) is 0 Å². The molecule has 1 saturated heterocycles. The minimum absolute atomic E-state index is 0.0146. The van der Waals surface area contributed by atoms with Crippen LogP contribution in [-0.2, 0) is 11.3 Å². The molecular formula is C25H26ClN3O4S. The highest BCUT2D eigenvalue weighted by atomic mass is 35.5. The number of benzene rings is 2.